The van der Waals surface area contributed by atoms with Crippen LogP contribution in [0.2, 0.25) is 0 Å². The summed E-state index contributed by atoms with van der Waals surface area (Å²) in [6.07, 6.45) is 5.59. The van der Waals surface area contributed by atoms with Crippen LogP contribution in [0.5, 0.6) is 0 Å². The summed E-state index contributed by atoms with van der Waals surface area (Å²) in [6.45, 7) is 7.61. The molecule has 1 aromatic heterocycles. The third-order valence-corrected chi connectivity index (χ3v) is 4.39. The van der Waals surface area contributed by atoms with Crippen molar-refractivity contribution < 1.29 is 4.79 Å². The molecule has 1 aromatic rings. The van der Waals surface area contributed by atoms with Crippen LogP contribution in [0.1, 0.15) is 55.4 Å². The number of aldehydes is 1. The van der Waals surface area contributed by atoms with Crippen LogP contribution in [0.25, 0.3) is 0 Å². The molecule has 0 unspecified atom stereocenters. The molecule has 2 rings (SSSR count). The van der Waals surface area contributed by atoms with Crippen molar-refractivity contribution in [2.45, 2.75) is 52.5 Å². The van der Waals surface area contributed by atoms with Crippen molar-refractivity contribution in [3.05, 3.63) is 10.6 Å². The largest absolute Gasteiger partial charge is 0.345 e. The molecule has 1 heterocycles. The smallest absolute Gasteiger partial charge is 0.186 e. The average Bonchev–Trinajstić information content (AvgIpc) is 3.07. The zero-order valence-electron chi connectivity index (χ0n) is 11.5. The monoisotopic (exact) mass is 266 g/mol. The number of aromatic nitrogens is 1. The maximum Gasteiger partial charge on any atom is 0.186 e. The Bertz CT molecular complexity index is 410. The minimum atomic E-state index is 0.450. The normalized spacial score (nSPS) is 15.1. The predicted octanol–water partition coefficient (Wildman–Crippen LogP) is 3.53. The first kappa shape index (κ1) is 13.5. The van der Waals surface area contributed by atoms with Gasteiger partial charge in [0.2, 0.25) is 0 Å². The van der Waals surface area contributed by atoms with E-state index in [4.69, 9.17) is 0 Å². The Morgan fingerprint density at radius 3 is 2.72 bits per heavy atom. The number of hydrogen-bond acceptors (Lipinski definition) is 4. The van der Waals surface area contributed by atoms with E-state index >= 15 is 0 Å². The number of nitrogens with zero attached hydrogens (tertiary/aromatic N) is 2. The van der Waals surface area contributed by atoms with Crippen molar-refractivity contribution in [3.8, 4) is 0 Å². The standard InChI is InChI=1S/C14H22N2OS/c1-4-5-12-13(9-17)18-14(15-12)16(10(2)3)8-11-6-7-11/h9-11H,4-8H2,1-3H3. The Kier molecular flexibility index (Phi) is 4.38. The molecular formula is C14H22N2OS. The van der Waals surface area contributed by atoms with Crippen LogP contribution < -0.4 is 4.90 Å². The molecule has 4 heteroatoms. The maximum absolute atomic E-state index is 11.1. The van der Waals surface area contributed by atoms with Crippen molar-refractivity contribution in [1.29, 1.82) is 0 Å². The first-order valence-corrected chi connectivity index (χ1v) is 7.68. The van der Waals surface area contributed by atoms with Crippen LogP contribution in [-0.4, -0.2) is 23.9 Å². The van der Waals surface area contributed by atoms with Crippen LogP contribution in [-0.2, 0) is 6.42 Å². The van der Waals surface area contributed by atoms with Crippen molar-refractivity contribution in [2.75, 3.05) is 11.4 Å². The molecular weight excluding hydrogens is 244 g/mol. The minimum Gasteiger partial charge on any atom is -0.345 e. The van der Waals surface area contributed by atoms with Gasteiger partial charge in [-0.3, -0.25) is 4.79 Å². The fourth-order valence-corrected chi connectivity index (χ4v) is 3.14. The zero-order valence-corrected chi connectivity index (χ0v) is 12.3. The molecule has 1 fully saturated rings. The van der Waals surface area contributed by atoms with E-state index < -0.39 is 0 Å². The SMILES string of the molecule is CCCc1nc(N(CC2CC2)C(C)C)sc1C=O. The molecule has 1 aliphatic rings. The summed E-state index contributed by atoms with van der Waals surface area (Å²) in [5, 5.41) is 1.03. The second kappa shape index (κ2) is 5.83. The number of carbonyl (C=O) groups is 1. The lowest BCUT2D eigenvalue weighted by atomic mass is 10.2. The van der Waals surface area contributed by atoms with Crippen LogP contribution in [0.15, 0.2) is 0 Å². The van der Waals surface area contributed by atoms with Gasteiger partial charge in [-0.25, -0.2) is 4.98 Å². The number of rotatable bonds is 7. The molecule has 0 amide bonds. The lowest BCUT2D eigenvalue weighted by molar-refractivity contribution is 0.112. The number of aryl methyl sites for hydroxylation is 1. The van der Waals surface area contributed by atoms with Crippen LogP contribution >= 0.6 is 11.3 Å². The van der Waals surface area contributed by atoms with Crippen LogP contribution in [0, 0.1) is 5.92 Å². The summed E-state index contributed by atoms with van der Waals surface area (Å²) < 4.78 is 0. The topological polar surface area (TPSA) is 33.2 Å². The summed E-state index contributed by atoms with van der Waals surface area (Å²) in [5.41, 5.74) is 0.981. The first-order valence-electron chi connectivity index (χ1n) is 6.87. The van der Waals surface area contributed by atoms with E-state index in [0.717, 1.165) is 47.3 Å². The summed E-state index contributed by atoms with van der Waals surface area (Å²) in [6, 6.07) is 0.450. The summed E-state index contributed by atoms with van der Waals surface area (Å²) in [5.74, 6) is 0.839. The van der Waals surface area contributed by atoms with Gasteiger partial charge in [0.15, 0.2) is 11.4 Å². The van der Waals surface area contributed by atoms with Gasteiger partial charge in [0.25, 0.3) is 0 Å². The van der Waals surface area contributed by atoms with Gasteiger partial charge in [-0.05, 0) is 39.0 Å². The molecule has 0 spiro atoms. The fraction of sp³-hybridized carbons (Fsp3) is 0.714. The van der Waals surface area contributed by atoms with Gasteiger partial charge in [-0.2, -0.15) is 0 Å². The van der Waals surface area contributed by atoms with E-state index in [1.807, 2.05) is 0 Å². The molecule has 0 aromatic carbocycles. The molecule has 0 radical (unpaired) electrons. The van der Waals surface area contributed by atoms with E-state index in [1.54, 1.807) is 11.3 Å². The molecule has 0 bridgehead atoms. The Morgan fingerprint density at radius 1 is 1.50 bits per heavy atom. The van der Waals surface area contributed by atoms with Crippen LogP contribution in [0.4, 0.5) is 5.13 Å². The summed E-state index contributed by atoms with van der Waals surface area (Å²) in [4.78, 5) is 18.9. The van der Waals surface area contributed by atoms with E-state index in [1.165, 1.54) is 12.8 Å². The van der Waals surface area contributed by atoms with Crippen molar-refractivity contribution in [3.63, 3.8) is 0 Å². The number of anilines is 1. The van der Waals surface area contributed by atoms with Crippen molar-refractivity contribution in [1.82, 2.24) is 4.98 Å². The van der Waals surface area contributed by atoms with Gasteiger partial charge in [-0.1, -0.05) is 24.7 Å². The first-order chi connectivity index (χ1) is 8.65. The van der Waals surface area contributed by atoms with Crippen molar-refractivity contribution in [2.24, 2.45) is 5.92 Å². The number of carbonyl (C=O) groups excluding carboxylic acids is 1. The molecule has 0 atom stereocenters. The lowest BCUT2D eigenvalue weighted by Gasteiger charge is -2.26. The van der Waals surface area contributed by atoms with Gasteiger partial charge in [0, 0.05) is 12.6 Å². The molecule has 3 nitrogen and oxygen atoms in total. The van der Waals surface area contributed by atoms with Gasteiger partial charge < -0.3 is 4.90 Å². The lowest BCUT2D eigenvalue weighted by Crippen LogP contribution is -2.32. The highest BCUT2D eigenvalue weighted by molar-refractivity contribution is 7.17. The average molecular weight is 266 g/mol. The van der Waals surface area contributed by atoms with E-state index in [9.17, 15) is 4.79 Å². The molecule has 1 aliphatic carbocycles. The quantitative estimate of drug-likeness (QED) is 0.708. The zero-order chi connectivity index (χ0) is 13.1. The molecule has 1 saturated carbocycles. The van der Waals surface area contributed by atoms with Crippen LogP contribution in [0.3, 0.4) is 0 Å². The van der Waals surface area contributed by atoms with E-state index in [0.29, 0.717) is 6.04 Å². The Morgan fingerprint density at radius 2 is 2.22 bits per heavy atom. The third kappa shape index (κ3) is 3.10. The number of hydrogen-bond donors (Lipinski definition) is 0. The highest BCUT2D eigenvalue weighted by Gasteiger charge is 2.27. The van der Waals surface area contributed by atoms with E-state index in [-0.39, 0.29) is 0 Å². The molecule has 100 valence electrons. The highest BCUT2D eigenvalue weighted by atomic mass is 32.1. The Balaban J connectivity index is 2.20. The van der Waals surface area contributed by atoms with Crippen molar-refractivity contribution >= 4 is 22.8 Å². The highest BCUT2D eigenvalue weighted by Crippen LogP contribution is 2.34. The Labute approximate surface area is 113 Å². The number of thiazole rings is 1. The summed E-state index contributed by atoms with van der Waals surface area (Å²) in [7, 11) is 0. The second-order valence-corrected chi connectivity index (χ2v) is 6.37. The molecule has 18 heavy (non-hydrogen) atoms. The van der Waals surface area contributed by atoms with E-state index in [2.05, 4.69) is 30.7 Å². The summed E-state index contributed by atoms with van der Waals surface area (Å²) >= 11 is 1.55. The van der Waals surface area contributed by atoms with Gasteiger partial charge in [0.05, 0.1) is 10.6 Å². The van der Waals surface area contributed by atoms with Gasteiger partial charge >= 0.3 is 0 Å². The fourth-order valence-electron chi connectivity index (χ4n) is 2.07. The predicted molar refractivity (Wildman–Crippen MR) is 76.7 cm³/mol. The van der Waals surface area contributed by atoms with Gasteiger partial charge in [0.1, 0.15) is 0 Å². The minimum absolute atomic E-state index is 0.450. The second-order valence-electron chi connectivity index (χ2n) is 5.36. The maximum atomic E-state index is 11.1. The third-order valence-electron chi connectivity index (χ3n) is 3.33. The molecule has 0 N–H and O–H groups in total. The molecule has 0 aliphatic heterocycles. The molecule has 0 saturated heterocycles. The van der Waals surface area contributed by atoms with Gasteiger partial charge in [-0.15, -0.1) is 0 Å². The Hall–Kier alpha value is -0.900.